The lowest BCUT2D eigenvalue weighted by molar-refractivity contribution is -0.140. The van der Waals surface area contributed by atoms with Gasteiger partial charge in [0.25, 0.3) is 0 Å². The Morgan fingerprint density at radius 1 is 1.03 bits per heavy atom. The summed E-state index contributed by atoms with van der Waals surface area (Å²) in [5.41, 5.74) is 3.06. The summed E-state index contributed by atoms with van der Waals surface area (Å²) in [6, 6.07) is 12.7. The minimum atomic E-state index is -0.634. The van der Waals surface area contributed by atoms with E-state index >= 15 is 0 Å². The first-order valence-corrected chi connectivity index (χ1v) is 14.1. The monoisotopic (exact) mass is 651 g/mol. The van der Waals surface area contributed by atoms with E-state index in [1.54, 1.807) is 12.1 Å². The lowest BCUT2D eigenvalue weighted by Gasteiger charge is -2.42. The number of imide groups is 1. The predicted octanol–water partition coefficient (Wildman–Crippen LogP) is 5.13. The average molecular weight is 653 g/mol. The van der Waals surface area contributed by atoms with E-state index in [0.29, 0.717) is 27.6 Å². The molecular weight excluding hydrogens is 630 g/mol. The van der Waals surface area contributed by atoms with E-state index < -0.39 is 23.7 Å². The number of phenolic OH excluding ortho intramolecular Hbond substituents is 1. The Bertz CT molecular complexity index is 1560. The number of carbonyl (C=O) groups is 4. The van der Waals surface area contributed by atoms with Crippen molar-refractivity contribution >= 4 is 55.2 Å². The van der Waals surface area contributed by atoms with Crippen LogP contribution < -0.4 is 4.74 Å². The Labute approximate surface area is 241 Å². The van der Waals surface area contributed by atoms with E-state index in [2.05, 4.69) is 31.9 Å². The van der Waals surface area contributed by atoms with Crippen LogP contribution in [0.15, 0.2) is 80.3 Å². The summed E-state index contributed by atoms with van der Waals surface area (Å²) in [6.07, 6.45) is 3.82. The fraction of sp³-hybridized carbons (Fsp3) is 0.267. The van der Waals surface area contributed by atoms with Crippen molar-refractivity contribution in [3.05, 3.63) is 91.4 Å². The van der Waals surface area contributed by atoms with Crippen LogP contribution in [0.2, 0.25) is 0 Å². The van der Waals surface area contributed by atoms with Crippen LogP contribution in [0.25, 0.3) is 0 Å². The zero-order chi connectivity index (χ0) is 27.6. The number of nitrogens with zero attached hydrogens (tertiary/aromatic N) is 1. The third-order valence-electron chi connectivity index (χ3n) is 8.21. The summed E-state index contributed by atoms with van der Waals surface area (Å²) in [4.78, 5) is 55.4. The summed E-state index contributed by atoms with van der Waals surface area (Å²) in [6.45, 7) is 0.193. The second kappa shape index (κ2) is 9.71. The van der Waals surface area contributed by atoms with Crippen LogP contribution >= 0.6 is 31.9 Å². The Hall–Kier alpha value is -3.30. The molecule has 0 saturated carbocycles. The smallest absolute Gasteiger partial charge is 0.234 e. The largest absolute Gasteiger partial charge is 0.503 e. The van der Waals surface area contributed by atoms with Gasteiger partial charge in [-0.1, -0.05) is 42.0 Å². The van der Waals surface area contributed by atoms with Crippen molar-refractivity contribution in [2.75, 3.05) is 7.11 Å². The van der Waals surface area contributed by atoms with Gasteiger partial charge in [-0.15, -0.1) is 0 Å². The normalized spacial score (nSPS) is 26.2. The van der Waals surface area contributed by atoms with Crippen molar-refractivity contribution in [1.82, 2.24) is 4.90 Å². The number of rotatable bonds is 4. The van der Waals surface area contributed by atoms with Crippen molar-refractivity contribution in [2.45, 2.75) is 25.3 Å². The minimum Gasteiger partial charge on any atom is -0.503 e. The summed E-state index contributed by atoms with van der Waals surface area (Å²) in [5, 5.41) is 10.4. The highest BCUT2D eigenvalue weighted by molar-refractivity contribution is 9.12. The van der Waals surface area contributed by atoms with E-state index in [4.69, 9.17) is 4.74 Å². The van der Waals surface area contributed by atoms with Gasteiger partial charge in [0.15, 0.2) is 23.1 Å². The van der Waals surface area contributed by atoms with Crippen molar-refractivity contribution in [3.8, 4) is 11.5 Å². The fourth-order valence-electron chi connectivity index (χ4n) is 6.49. The molecule has 0 spiro atoms. The molecule has 7 nitrogen and oxygen atoms in total. The van der Waals surface area contributed by atoms with E-state index in [1.807, 2.05) is 36.4 Å². The maximum Gasteiger partial charge on any atom is 0.234 e. The van der Waals surface area contributed by atoms with Gasteiger partial charge in [-0.3, -0.25) is 24.1 Å². The zero-order valence-electron chi connectivity index (χ0n) is 20.8. The lowest BCUT2D eigenvalue weighted by Crippen LogP contribution is -2.39. The summed E-state index contributed by atoms with van der Waals surface area (Å²) < 4.78 is 5.93. The molecule has 3 aliphatic carbocycles. The lowest BCUT2D eigenvalue weighted by atomic mass is 9.59. The molecule has 1 saturated heterocycles. The van der Waals surface area contributed by atoms with Crippen molar-refractivity contribution in [3.63, 3.8) is 0 Å². The molecule has 9 heteroatoms. The zero-order valence-corrected chi connectivity index (χ0v) is 24.0. The van der Waals surface area contributed by atoms with Gasteiger partial charge in [0.1, 0.15) is 0 Å². The Morgan fingerprint density at radius 2 is 1.77 bits per heavy atom. The average Bonchev–Trinajstić information content (AvgIpc) is 3.17. The standard InChI is InChI=1S/C30H23Br2NO6/c1-39-23-10-15(9-20(31)28(23)36)24-16-7-8-17-25(18(16)11-19-26(24)22(34)12-21(32)27(19)35)30(38)33(29(17)37)13-14-5-3-2-4-6-14/h2-7,9-10,12,17-18,24-25,36H,8,11,13H2,1H3. The molecule has 0 bridgehead atoms. The number of ether oxygens (including phenoxy) is 1. The SMILES string of the molecule is COc1cc(C2C3=CCC4C(=O)N(Cc5ccccc5)C(=O)C4C3CC3=C2C(=O)C=C(Br)C3=O)cc(Br)c1O. The third kappa shape index (κ3) is 4.05. The highest BCUT2D eigenvalue weighted by atomic mass is 79.9. The number of likely N-dealkylation sites (tertiary alicyclic amines) is 1. The molecule has 1 aliphatic heterocycles. The first-order chi connectivity index (χ1) is 18.7. The molecule has 4 atom stereocenters. The maximum atomic E-state index is 13.9. The third-order valence-corrected chi connectivity index (χ3v) is 9.40. The van der Waals surface area contributed by atoms with Crippen LogP contribution in [0.5, 0.6) is 11.5 Å². The van der Waals surface area contributed by atoms with Gasteiger partial charge in [0.2, 0.25) is 11.8 Å². The van der Waals surface area contributed by atoms with Crippen LogP contribution in [-0.4, -0.2) is 40.5 Å². The van der Waals surface area contributed by atoms with Crippen LogP contribution in [0, 0.1) is 17.8 Å². The molecule has 1 heterocycles. The summed E-state index contributed by atoms with van der Waals surface area (Å²) >= 11 is 6.62. The van der Waals surface area contributed by atoms with Crippen LogP contribution in [-0.2, 0) is 25.7 Å². The molecule has 6 rings (SSSR count). The van der Waals surface area contributed by atoms with Crippen molar-refractivity contribution < 1.29 is 29.0 Å². The number of fused-ring (bicyclic) bond motifs is 3. The number of carbonyl (C=O) groups excluding carboxylic acids is 4. The number of methoxy groups -OCH3 is 1. The fourth-order valence-corrected chi connectivity index (χ4v) is 7.40. The molecule has 198 valence electrons. The molecular formula is C30H23Br2NO6. The molecule has 2 aromatic rings. The van der Waals surface area contributed by atoms with Crippen LogP contribution in [0.4, 0.5) is 0 Å². The number of aromatic hydroxyl groups is 1. The topological polar surface area (TPSA) is 101 Å². The van der Waals surface area contributed by atoms with Gasteiger partial charge >= 0.3 is 0 Å². The Balaban J connectivity index is 1.47. The number of amides is 2. The maximum absolute atomic E-state index is 13.9. The number of ketones is 2. The summed E-state index contributed by atoms with van der Waals surface area (Å²) in [5.74, 6) is -3.12. The molecule has 1 N–H and O–H groups in total. The van der Waals surface area contributed by atoms with Gasteiger partial charge in [-0.2, -0.15) is 0 Å². The van der Waals surface area contributed by atoms with Crippen molar-refractivity contribution in [1.29, 1.82) is 0 Å². The Kier molecular flexibility index (Phi) is 6.46. The molecule has 4 unspecified atom stereocenters. The van der Waals surface area contributed by atoms with E-state index in [0.717, 1.165) is 11.1 Å². The van der Waals surface area contributed by atoms with Crippen molar-refractivity contribution in [2.24, 2.45) is 17.8 Å². The highest BCUT2D eigenvalue weighted by Crippen LogP contribution is 2.56. The first kappa shape index (κ1) is 26.0. The second-order valence-corrected chi connectivity index (χ2v) is 11.9. The van der Waals surface area contributed by atoms with Gasteiger partial charge in [-0.25, -0.2) is 0 Å². The number of halogens is 2. The van der Waals surface area contributed by atoms with E-state index in [1.165, 1.54) is 18.1 Å². The van der Waals surface area contributed by atoms with Crippen LogP contribution in [0.3, 0.4) is 0 Å². The number of allylic oxidation sites excluding steroid dienone is 6. The second-order valence-electron chi connectivity index (χ2n) is 10.2. The first-order valence-electron chi connectivity index (χ1n) is 12.6. The van der Waals surface area contributed by atoms with Crippen LogP contribution in [0.1, 0.15) is 29.9 Å². The minimum absolute atomic E-state index is 0.0812. The predicted molar refractivity (Wildman–Crippen MR) is 149 cm³/mol. The number of benzene rings is 2. The molecule has 1 fully saturated rings. The van der Waals surface area contributed by atoms with Gasteiger partial charge in [0.05, 0.1) is 34.4 Å². The number of hydrogen-bond acceptors (Lipinski definition) is 6. The number of Topliss-reactive ketones (excluding diaryl/α,β-unsaturated/α-hetero) is 1. The number of hydrogen-bond donors (Lipinski definition) is 1. The van der Waals surface area contributed by atoms with E-state index in [9.17, 15) is 24.3 Å². The quantitative estimate of drug-likeness (QED) is 0.279. The van der Waals surface area contributed by atoms with Gasteiger partial charge < -0.3 is 9.84 Å². The summed E-state index contributed by atoms with van der Waals surface area (Å²) in [7, 11) is 1.43. The molecule has 2 aromatic carbocycles. The molecule has 4 aliphatic rings. The van der Waals surface area contributed by atoms with Gasteiger partial charge in [-0.05, 0) is 73.9 Å². The molecule has 0 aromatic heterocycles. The Morgan fingerprint density at radius 3 is 2.49 bits per heavy atom. The highest BCUT2D eigenvalue weighted by Gasteiger charge is 2.56. The van der Waals surface area contributed by atoms with E-state index in [-0.39, 0.29) is 52.3 Å². The molecule has 2 amide bonds. The number of phenols is 1. The molecule has 0 radical (unpaired) electrons. The molecule has 39 heavy (non-hydrogen) atoms. The van der Waals surface area contributed by atoms with Gasteiger partial charge in [0, 0.05) is 23.1 Å².